The topological polar surface area (TPSA) is 37.9 Å². The van der Waals surface area contributed by atoms with Gasteiger partial charge in [-0.25, -0.2) is 0 Å². The minimum absolute atomic E-state index is 0.657. The van der Waals surface area contributed by atoms with E-state index in [0.717, 1.165) is 17.1 Å². The molecular formula is C7H9IN2O. The first-order chi connectivity index (χ1) is 5.33. The van der Waals surface area contributed by atoms with Gasteiger partial charge in [-0.2, -0.15) is 5.10 Å². The molecule has 0 bridgehead atoms. The number of hydrogen-bond donors (Lipinski definition) is 1. The molecule has 3 nitrogen and oxygen atoms in total. The summed E-state index contributed by atoms with van der Waals surface area (Å²) in [6, 6.07) is 0. The van der Waals surface area contributed by atoms with Crippen LogP contribution in [0.25, 0.3) is 0 Å². The predicted octanol–water partition coefficient (Wildman–Crippen LogP) is 2.32. The molecule has 0 saturated heterocycles. The Morgan fingerprint density at radius 3 is 2.91 bits per heavy atom. The molecule has 1 heterocycles. The largest absolute Gasteiger partial charge is 0.424 e. The first kappa shape index (κ1) is 7.39. The third-order valence-electron chi connectivity index (χ3n) is 1.96. The van der Waals surface area contributed by atoms with Gasteiger partial charge in [-0.05, 0) is 19.8 Å². The zero-order valence-electron chi connectivity index (χ0n) is 6.22. The number of rotatable bonds is 2. The molecule has 0 unspecified atom stereocenters. The number of aromatic amines is 1. The molecule has 4 heteroatoms. The SMILES string of the molecule is Cc1[nH]nc(C2CC2)c1OI. The molecule has 60 valence electrons. The van der Waals surface area contributed by atoms with Crippen molar-refractivity contribution in [2.45, 2.75) is 25.7 Å². The van der Waals surface area contributed by atoms with Crippen LogP contribution in [0.15, 0.2) is 0 Å². The van der Waals surface area contributed by atoms with Gasteiger partial charge in [0.25, 0.3) is 0 Å². The molecule has 1 aromatic rings. The highest BCUT2D eigenvalue weighted by Crippen LogP contribution is 2.44. The molecule has 11 heavy (non-hydrogen) atoms. The summed E-state index contributed by atoms with van der Waals surface area (Å²) in [6.45, 7) is 1.98. The highest BCUT2D eigenvalue weighted by molar-refractivity contribution is 14.1. The second-order valence-electron chi connectivity index (χ2n) is 2.91. The summed E-state index contributed by atoms with van der Waals surface area (Å²) in [6.07, 6.45) is 2.52. The van der Waals surface area contributed by atoms with Gasteiger partial charge in [0.2, 0.25) is 0 Å². The van der Waals surface area contributed by atoms with E-state index in [9.17, 15) is 0 Å². The van der Waals surface area contributed by atoms with Crippen molar-refractivity contribution in [3.63, 3.8) is 0 Å². The number of aromatic nitrogens is 2. The smallest absolute Gasteiger partial charge is 0.192 e. The molecule has 2 rings (SSSR count). The van der Waals surface area contributed by atoms with Crippen LogP contribution in [0.4, 0.5) is 0 Å². The Bertz CT molecular complexity index is 267. The lowest BCUT2D eigenvalue weighted by molar-refractivity contribution is 0.694. The fourth-order valence-corrected chi connectivity index (χ4v) is 1.72. The Kier molecular flexibility index (Phi) is 1.78. The fourth-order valence-electron chi connectivity index (χ4n) is 1.17. The molecule has 1 aromatic heterocycles. The van der Waals surface area contributed by atoms with E-state index in [-0.39, 0.29) is 0 Å². The summed E-state index contributed by atoms with van der Waals surface area (Å²) in [4.78, 5) is 0. The van der Waals surface area contributed by atoms with E-state index < -0.39 is 0 Å². The number of hydrogen-bond acceptors (Lipinski definition) is 2. The summed E-state index contributed by atoms with van der Waals surface area (Å²) < 4.78 is 5.19. The Labute approximate surface area is 79.2 Å². The van der Waals surface area contributed by atoms with Gasteiger partial charge in [-0.3, -0.25) is 5.10 Å². The minimum Gasteiger partial charge on any atom is -0.424 e. The van der Waals surface area contributed by atoms with E-state index in [4.69, 9.17) is 3.07 Å². The van der Waals surface area contributed by atoms with E-state index in [2.05, 4.69) is 10.2 Å². The summed E-state index contributed by atoms with van der Waals surface area (Å²) in [5.74, 6) is 1.60. The third-order valence-corrected chi connectivity index (χ3v) is 2.40. The van der Waals surface area contributed by atoms with Crippen LogP contribution in [0.2, 0.25) is 0 Å². The van der Waals surface area contributed by atoms with Crippen LogP contribution in [-0.2, 0) is 0 Å². The maximum Gasteiger partial charge on any atom is 0.192 e. The molecule has 0 aromatic carbocycles. The molecule has 0 aliphatic heterocycles. The molecule has 0 radical (unpaired) electrons. The predicted molar refractivity (Wildman–Crippen MR) is 49.9 cm³/mol. The van der Waals surface area contributed by atoms with Crippen molar-refractivity contribution >= 4 is 23.0 Å². The monoisotopic (exact) mass is 264 g/mol. The van der Waals surface area contributed by atoms with E-state index in [1.807, 2.05) is 29.9 Å². The van der Waals surface area contributed by atoms with Gasteiger partial charge in [0, 0.05) is 5.92 Å². The van der Waals surface area contributed by atoms with Gasteiger partial charge >= 0.3 is 0 Å². The zero-order valence-corrected chi connectivity index (χ0v) is 8.38. The van der Waals surface area contributed by atoms with Crippen LogP contribution in [0.1, 0.15) is 30.1 Å². The average molecular weight is 264 g/mol. The summed E-state index contributed by atoms with van der Waals surface area (Å²) >= 11 is 1.90. The lowest BCUT2D eigenvalue weighted by Gasteiger charge is -1.95. The van der Waals surface area contributed by atoms with Gasteiger partial charge in [0.1, 0.15) is 5.69 Å². The lowest BCUT2D eigenvalue weighted by Crippen LogP contribution is -1.82. The van der Waals surface area contributed by atoms with Gasteiger partial charge in [0.15, 0.2) is 28.8 Å². The fraction of sp³-hybridized carbons (Fsp3) is 0.571. The molecule has 0 atom stereocenters. The van der Waals surface area contributed by atoms with Crippen molar-refractivity contribution in [2.75, 3.05) is 0 Å². The van der Waals surface area contributed by atoms with Crippen LogP contribution < -0.4 is 3.07 Å². The van der Waals surface area contributed by atoms with Crippen molar-refractivity contribution < 1.29 is 3.07 Å². The molecular weight excluding hydrogens is 255 g/mol. The molecule has 0 amide bonds. The molecule has 0 spiro atoms. The van der Waals surface area contributed by atoms with Crippen LogP contribution in [0.5, 0.6) is 5.75 Å². The number of halogens is 1. The van der Waals surface area contributed by atoms with Gasteiger partial charge in [-0.15, -0.1) is 0 Å². The van der Waals surface area contributed by atoms with E-state index in [1.54, 1.807) is 0 Å². The average Bonchev–Trinajstić information content (AvgIpc) is 2.76. The summed E-state index contributed by atoms with van der Waals surface area (Å²) in [5, 5.41) is 7.12. The maximum absolute atomic E-state index is 5.19. The standard InChI is InChI=1S/C7H9IN2O/c1-4-7(11-8)6(10-9-4)5-2-3-5/h5H,2-3H2,1H3,(H,9,10). The van der Waals surface area contributed by atoms with E-state index in [0.29, 0.717) is 5.92 Å². The number of aryl methyl sites for hydroxylation is 1. The quantitative estimate of drug-likeness (QED) is 0.832. The summed E-state index contributed by atoms with van der Waals surface area (Å²) in [7, 11) is 0. The maximum atomic E-state index is 5.19. The molecule has 1 aliphatic carbocycles. The highest BCUT2D eigenvalue weighted by Gasteiger charge is 2.30. The second kappa shape index (κ2) is 2.66. The number of H-pyrrole nitrogens is 1. The second-order valence-corrected chi connectivity index (χ2v) is 3.35. The van der Waals surface area contributed by atoms with Gasteiger partial charge < -0.3 is 3.07 Å². The number of nitrogens with zero attached hydrogens (tertiary/aromatic N) is 1. The van der Waals surface area contributed by atoms with Gasteiger partial charge in [-0.1, -0.05) is 0 Å². The molecule has 1 saturated carbocycles. The summed E-state index contributed by atoms with van der Waals surface area (Å²) in [5.41, 5.74) is 2.14. The molecule has 1 aliphatic rings. The Hall–Kier alpha value is -0.260. The van der Waals surface area contributed by atoms with Crippen LogP contribution in [0.3, 0.4) is 0 Å². The zero-order chi connectivity index (χ0) is 7.84. The molecule has 1 fully saturated rings. The van der Waals surface area contributed by atoms with Crippen molar-refractivity contribution in [1.29, 1.82) is 0 Å². The first-order valence-electron chi connectivity index (χ1n) is 3.66. The minimum atomic E-state index is 0.657. The lowest BCUT2D eigenvalue weighted by atomic mass is 10.2. The first-order valence-corrected chi connectivity index (χ1v) is 4.54. The van der Waals surface area contributed by atoms with Crippen LogP contribution >= 0.6 is 23.0 Å². The highest BCUT2D eigenvalue weighted by atomic mass is 127. The van der Waals surface area contributed by atoms with Gasteiger partial charge in [0.05, 0.1) is 5.69 Å². The van der Waals surface area contributed by atoms with Crippen molar-refractivity contribution in [2.24, 2.45) is 0 Å². The van der Waals surface area contributed by atoms with E-state index in [1.165, 1.54) is 12.8 Å². The molecule has 1 N–H and O–H groups in total. The van der Waals surface area contributed by atoms with Crippen molar-refractivity contribution in [3.05, 3.63) is 11.4 Å². The van der Waals surface area contributed by atoms with E-state index >= 15 is 0 Å². The Morgan fingerprint density at radius 2 is 2.36 bits per heavy atom. The third kappa shape index (κ3) is 1.23. The Morgan fingerprint density at radius 1 is 1.64 bits per heavy atom. The number of nitrogens with one attached hydrogen (secondary N) is 1. The Balaban J connectivity index is 2.36. The van der Waals surface area contributed by atoms with Crippen molar-refractivity contribution in [3.8, 4) is 5.75 Å². The normalized spacial score (nSPS) is 16.9. The van der Waals surface area contributed by atoms with Crippen LogP contribution in [-0.4, -0.2) is 10.2 Å². The van der Waals surface area contributed by atoms with Crippen LogP contribution in [0, 0.1) is 6.92 Å². The van der Waals surface area contributed by atoms with Crippen molar-refractivity contribution in [1.82, 2.24) is 10.2 Å².